The minimum Gasteiger partial charge on any atom is -0.497 e. The van der Waals surface area contributed by atoms with E-state index in [1.54, 1.807) is 36.1 Å². The van der Waals surface area contributed by atoms with Gasteiger partial charge in [-0.05, 0) is 43.3 Å². The monoisotopic (exact) mass is 357 g/mol. The number of hydrogen-bond acceptors (Lipinski definition) is 4. The maximum Gasteiger partial charge on any atom is 0.417 e. The van der Waals surface area contributed by atoms with Crippen LogP contribution in [0.3, 0.4) is 0 Å². The minimum atomic E-state index is -0.634. The number of nitrogens with zero attached hydrogens (tertiary/aromatic N) is 2. The highest BCUT2D eigenvalue weighted by molar-refractivity contribution is 6.33. The van der Waals surface area contributed by atoms with Gasteiger partial charge in [-0.2, -0.15) is 5.10 Å². The molecule has 2 aromatic carbocycles. The fourth-order valence-corrected chi connectivity index (χ4v) is 2.46. The average Bonchev–Trinajstić information content (AvgIpc) is 2.97. The number of aromatic nitrogens is 2. The van der Waals surface area contributed by atoms with Crippen LogP contribution in [0.1, 0.15) is 5.69 Å². The summed E-state index contributed by atoms with van der Waals surface area (Å²) in [6, 6.07) is 14.3. The molecule has 1 aromatic heterocycles. The van der Waals surface area contributed by atoms with Crippen molar-refractivity contribution >= 4 is 23.4 Å². The lowest BCUT2D eigenvalue weighted by Crippen LogP contribution is -2.17. The molecule has 0 radical (unpaired) electrons. The van der Waals surface area contributed by atoms with Gasteiger partial charge in [0.2, 0.25) is 0 Å². The summed E-state index contributed by atoms with van der Waals surface area (Å²) in [5.41, 5.74) is 2.01. The maximum absolute atomic E-state index is 12.1. The Balaban J connectivity index is 1.74. The van der Waals surface area contributed by atoms with Crippen molar-refractivity contribution in [3.8, 4) is 17.2 Å². The normalized spacial score (nSPS) is 10.4. The lowest BCUT2D eigenvalue weighted by atomic mass is 10.3. The molecule has 0 fully saturated rings. The first kappa shape index (κ1) is 16.9. The molecule has 25 heavy (non-hydrogen) atoms. The summed E-state index contributed by atoms with van der Waals surface area (Å²) in [7, 11) is 1.61. The zero-order valence-corrected chi connectivity index (χ0v) is 14.4. The number of rotatable bonds is 4. The van der Waals surface area contributed by atoms with E-state index in [1.807, 2.05) is 31.2 Å². The fourth-order valence-electron chi connectivity index (χ4n) is 2.28. The molecule has 1 N–H and O–H groups in total. The number of benzene rings is 2. The number of carbonyl (C=O) groups excluding carboxylic acids is 1. The third-order valence-electron chi connectivity index (χ3n) is 3.59. The number of halogens is 1. The van der Waals surface area contributed by atoms with E-state index in [4.69, 9.17) is 21.1 Å². The van der Waals surface area contributed by atoms with Crippen LogP contribution in [0.25, 0.3) is 5.69 Å². The first-order valence-electron chi connectivity index (χ1n) is 7.51. The number of para-hydroxylation sites is 1. The summed E-state index contributed by atoms with van der Waals surface area (Å²) in [5.74, 6) is 1.12. The van der Waals surface area contributed by atoms with Crippen LogP contribution in [-0.2, 0) is 0 Å². The van der Waals surface area contributed by atoms with Crippen LogP contribution in [0.15, 0.2) is 54.7 Å². The lowest BCUT2D eigenvalue weighted by Gasteiger charge is -2.08. The van der Waals surface area contributed by atoms with Crippen LogP contribution in [0.2, 0.25) is 5.02 Å². The fraction of sp³-hybridized carbons (Fsp3) is 0.111. The van der Waals surface area contributed by atoms with Gasteiger partial charge in [0.05, 0.1) is 35.4 Å². The Bertz CT molecular complexity index is 891. The average molecular weight is 358 g/mol. The quantitative estimate of drug-likeness (QED) is 0.749. The van der Waals surface area contributed by atoms with E-state index in [9.17, 15) is 4.79 Å². The van der Waals surface area contributed by atoms with Crippen molar-refractivity contribution in [1.29, 1.82) is 0 Å². The van der Waals surface area contributed by atoms with Crippen LogP contribution in [-0.4, -0.2) is 23.0 Å². The van der Waals surface area contributed by atoms with E-state index in [-0.39, 0.29) is 0 Å². The van der Waals surface area contributed by atoms with Gasteiger partial charge in [0.15, 0.2) is 5.75 Å². The van der Waals surface area contributed by atoms with Crippen molar-refractivity contribution in [2.45, 2.75) is 6.92 Å². The van der Waals surface area contributed by atoms with Gasteiger partial charge in [0.25, 0.3) is 0 Å². The third kappa shape index (κ3) is 3.75. The zero-order chi connectivity index (χ0) is 17.8. The van der Waals surface area contributed by atoms with Gasteiger partial charge in [-0.25, -0.2) is 9.48 Å². The first-order chi connectivity index (χ1) is 12.1. The minimum absolute atomic E-state index is 0.361. The molecule has 3 rings (SSSR count). The number of methoxy groups -OCH3 is 1. The smallest absolute Gasteiger partial charge is 0.417 e. The molecular weight excluding hydrogens is 342 g/mol. The molecule has 1 heterocycles. The van der Waals surface area contributed by atoms with Crippen molar-refractivity contribution in [3.63, 3.8) is 0 Å². The van der Waals surface area contributed by atoms with Gasteiger partial charge in [0.1, 0.15) is 5.75 Å². The molecule has 0 spiro atoms. The molecule has 0 aliphatic carbocycles. The van der Waals surface area contributed by atoms with Gasteiger partial charge in [-0.15, -0.1) is 0 Å². The van der Waals surface area contributed by atoms with Crippen LogP contribution in [0, 0.1) is 6.92 Å². The predicted molar refractivity (Wildman–Crippen MR) is 96.0 cm³/mol. The summed E-state index contributed by atoms with van der Waals surface area (Å²) < 4.78 is 12.2. The largest absolute Gasteiger partial charge is 0.497 e. The van der Waals surface area contributed by atoms with Crippen molar-refractivity contribution < 1.29 is 14.3 Å². The van der Waals surface area contributed by atoms with Crippen molar-refractivity contribution in [2.75, 3.05) is 12.4 Å². The molecule has 0 saturated carbocycles. The van der Waals surface area contributed by atoms with E-state index in [0.717, 1.165) is 11.4 Å². The molecule has 7 heteroatoms. The number of ether oxygens (including phenoxy) is 2. The van der Waals surface area contributed by atoms with Crippen molar-refractivity contribution in [2.24, 2.45) is 0 Å². The summed E-state index contributed by atoms with van der Waals surface area (Å²) >= 11 is 6.01. The zero-order valence-electron chi connectivity index (χ0n) is 13.7. The molecule has 6 nitrogen and oxygen atoms in total. The Labute approximate surface area is 149 Å². The maximum atomic E-state index is 12.1. The Kier molecular flexibility index (Phi) is 4.90. The predicted octanol–water partition coefficient (Wildman–Crippen LogP) is 4.45. The molecule has 128 valence electrons. The van der Waals surface area contributed by atoms with E-state index >= 15 is 0 Å². The number of amides is 1. The third-order valence-corrected chi connectivity index (χ3v) is 3.92. The SMILES string of the molecule is COc1ccc(-n2ncc(OC(=O)Nc3ccccc3Cl)c2C)cc1. The molecule has 3 aromatic rings. The summed E-state index contributed by atoms with van der Waals surface area (Å²) in [6.07, 6.45) is 0.858. The summed E-state index contributed by atoms with van der Waals surface area (Å²) in [6.45, 7) is 1.81. The van der Waals surface area contributed by atoms with E-state index < -0.39 is 6.09 Å². The van der Waals surface area contributed by atoms with Crippen LogP contribution >= 0.6 is 11.6 Å². The molecule has 0 saturated heterocycles. The second-order valence-electron chi connectivity index (χ2n) is 5.20. The Morgan fingerprint density at radius 3 is 2.56 bits per heavy atom. The molecule has 0 unspecified atom stereocenters. The number of carbonyl (C=O) groups is 1. The lowest BCUT2D eigenvalue weighted by molar-refractivity contribution is 0.215. The van der Waals surface area contributed by atoms with Gasteiger partial charge in [0, 0.05) is 0 Å². The van der Waals surface area contributed by atoms with E-state index in [2.05, 4.69) is 10.4 Å². The summed E-state index contributed by atoms with van der Waals surface area (Å²) in [4.78, 5) is 12.1. The number of anilines is 1. The van der Waals surface area contributed by atoms with Crippen LogP contribution in [0.5, 0.6) is 11.5 Å². The first-order valence-corrected chi connectivity index (χ1v) is 7.88. The molecule has 1 amide bonds. The molecule has 0 bridgehead atoms. The van der Waals surface area contributed by atoms with Crippen LogP contribution < -0.4 is 14.8 Å². The molecule has 0 aliphatic rings. The molecule has 0 aliphatic heterocycles. The second-order valence-corrected chi connectivity index (χ2v) is 5.61. The highest BCUT2D eigenvalue weighted by atomic mass is 35.5. The topological polar surface area (TPSA) is 65.4 Å². The van der Waals surface area contributed by atoms with Crippen molar-refractivity contribution in [3.05, 3.63) is 65.4 Å². The van der Waals surface area contributed by atoms with E-state index in [1.165, 1.54) is 6.20 Å². The van der Waals surface area contributed by atoms with E-state index in [0.29, 0.717) is 22.2 Å². The summed E-state index contributed by atoms with van der Waals surface area (Å²) in [5, 5.41) is 7.30. The highest BCUT2D eigenvalue weighted by Crippen LogP contribution is 2.24. The van der Waals surface area contributed by atoms with Crippen molar-refractivity contribution in [1.82, 2.24) is 9.78 Å². The van der Waals surface area contributed by atoms with Crippen LogP contribution in [0.4, 0.5) is 10.5 Å². The highest BCUT2D eigenvalue weighted by Gasteiger charge is 2.14. The number of hydrogen-bond donors (Lipinski definition) is 1. The van der Waals surface area contributed by atoms with Gasteiger partial charge < -0.3 is 9.47 Å². The Morgan fingerprint density at radius 1 is 1.16 bits per heavy atom. The van der Waals surface area contributed by atoms with Gasteiger partial charge in [-0.1, -0.05) is 23.7 Å². The van der Waals surface area contributed by atoms with Gasteiger partial charge >= 0.3 is 6.09 Å². The van der Waals surface area contributed by atoms with Gasteiger partial charge in [-0.3, -0.25) is 5.32 Å². The number of nitrogens with one attached hydrogen (secondary N) is 1. The molecular formula is C18H16ClN3O3. The molecule has 0 atom stereocenters. The Hall–Kier alpha value is -2.99. The second kappa shape index (κ2) is 7.27. The standard InChI is InChI=1S/C18H16ClN3O3/c1-12-17(25-18(23)21-16-6-4-3-5-15(16)19)11-20-22(12)13-7-9-14(24-2)10-8-13/h3-11H,1-2H3,(H,21,23). The Morgan fingerprint density at radius 2 is 1.88 bits per heavy atom.